The summed E-state index contributed by atoms with van der Waals surface area (Å²) >= 11 is 3.37. The molecule has 1 aliphatic heterocycles. The number of nitrogens with zero attached hydrogens (tertiary/aromatic N) is 6. The standard InChI is InChI=1S/C17H23BrN6O3/c18-14-10-21-16(22-11-14)23-4-5-24(17-19-2-1-3-20-17)15(12-23)13-27-9-8-26-7-6-25/h1-3,10-11,15,25H,4-9,12-13H2/t15-/m1/s1. The van der Waals surface area contributed by atoms with Crippen molar-refractivity contribution in [2.24, 2.45) is 0 Å². The molecule has 0 aliphatic carbocycles. The highest BCUT2D eigenvalue weighted by Gasteiger charge is 2.30. The Morgan fingerprint density at radius 2 is 1.74 bits per heavy atom. The van der Waals surface area contributed by atoms with Gasteiger partial charge in [0.25, 0.3) is 0 Å². The maximum absolute atomic E-state index is 8.74. The Hall–Kier alpha value is -1.88. The molecule has 1 aliphatic rings. The van der Waals surface area contributed by atoms with Crippen molar-refractivity contribution in [3.63, 3.8) is 0 Å². The molecule has 3 heterocycles. The Balaban J connectivity index is 1.63. The third-order valence-corrected chi connectivity index (χ3v) is 4.51. The van der Waals surface area contributed by atoms with E-state index in [0.717, 1.165) is 17.6 Å². The van der Waals surface area contributed by atoms with Gasteiger partial charge in [0.05, 0.1) is 43.5 Å². The number of halogens is 1. The van der Waals surface area contributed by atoms with Crippen LogP contribution in [-0.4, -0.2) is 83.8 Å². The highest BCUT2D eigenvalue weighted by Crippen LogP contribution is 2.20. The van der Waals surface area contributed by atoms with Crippen molar-refractivity contribution >= 4 is 27.8 Å². The monoisotopic (exact) mass is 438 g/mol. The van der Waals surface area contributed by atoms with Crippen LogP contribution in [0.3, 0.4) is 0 Å². The van der Waals surface area contributed by atoms with Crippen LogP contribution >= 0.6 is 15.9 Å². The summed E-state index contributed by atoms with van der Waals surface area (Å²) in [6.07, 6.45) is 6.98. The van der Waals surface area contributed by atoms with E-state index in [0.29, 0.717) is 44.9 Å². The Morgan fingerprint density at radius 1 is 1.00 bits per heavy atom. The number of aliphatic hydroxyl groups excluding tert-OH is 1. The average molecular weight is 439 g/mol. The molecule has 10 heteroatoms. The molecule has 0 saturated carbocycles. The van der Waals surface area contributed by atoms with Gasteiger partial charge in [0.2, 0.25) is 11.9 Å². The van der Waals surface area contributed by atoms with Crippen molar-refractivity contribution in [2.75, 3.05) is 62.5 Å². The molecular formula is C17H23BrN6O3. The first-order valence-corrected chi connectivity index (χ1v) is 9.59. The van der Waals surface area contributed by atoms with Crippen molar-refractivity contribution in [1.82, 2.24) is 19.9 Å². The van der Waals surface area contributed by atoms with Crippen molar-refractivity contribution in [1.29, 1.82) is 0 Å². The van der Waals surface area contributed by atoms with E-state index in [1.54, 1.807) is 30.9 Å². The SMILES string of the molecule is OCCOCCOC[C@H]1CN(c2ncc(Br)cn2)CCN1c1ncccn1. The molecule has 0 radical (unpaired) electrons. The number of hydrogen-bond donors (Lipinski definition) is 1. The van der Waals surface area contributed by atoms with Gasteiger partial charge in [0.1, 0.15) is 0 Å². The van der Waals surface area contributed by atoms with E-state index < -0.39 is 0 Å². The first-order chi connectivity index (χ1) is 13.3. The molecule has 1 fully saturated rings. The molecule has 146 valence electrons. The second-order valence-electron chi connectivity index (χ2n) is 5.95. The van der Waals surface area contributed by atoms with Gasteiger partial charge in [0, 0.05) is 44.4 Å². The lowest BCUT2D eigenvalue weighted by Crippen LogP contribution is -2.56. The molecule has 3 rings (SSSR count). The minimum atomic E-state index is 0.0178. The van der Waals surface area contributed by atoms with E-state index in [9.17, 15) is 0 Å². The molecule has 0 amide bonds. The molecule has 27 heavy (non-hydrogen) atoms. The first kappa shape index (κ1) is 19.9. The average Bonchev–Trinajstić information content (AvgIpc) is 2.72. The normalized spacial score (nSPS) is 17.3. The molecule has 1 atom stereocenters. The summed E-state index contributed by atoms with van der Waals surface area (Å²) in [6, 6.07) is 1.87. The summed E-state index contributed by atoms with van der Waals surface area (Å²) in [5.74, 6) is 1.39. The molecule has 0 aromatic carbocycles. The van der Waals surface area contributed by atoms with Crippen LogP contribution in [0.5, 0.6) is 0 Å². The third-order valence-electron chi connectivity index (χ3n) is 4.10. The molecule has 2 aromatic heterocycles. The van der Waals surface area contributed by atoms with Gasteiger partial charge in [0.15, 0.2) is 0 Å². The largest absolute Gasteiger partial charge is 0.394 e. The van der Waals surface area contributed by atoms with Gasteiger partial charge in [-0.2, -0.15) is 0 Å². The summed E-state index contributed by atoms with van der Waals surface area (Å²) in [7, 11) is 0. The van der Waals surface area contributed by atoms with Crippen LogP contribution in [0.2, 0.25) is 0 Å². The molecular weight excluding hydrogens is 416 g/mol. The fraction of sp³-hybridized carbons (Fsp3) is 0.529. The van der Waals surface area contributed by atoms with Gasteiger partial charge in [-0.1, -0.05) is 0 Å². The second kappa shape index (κ2) is 10.5. The number of hydrogen-bond acceptors (Lipinski definition) is 9. The quantitative estimate of drug-likeness (QED) is 0.568. The summed E-state index contributed by atoms with van der Waals surface area (Å²) in [5.41, 5.74) is 0. The Morgan fingerprint density at radius 3 is 2.48 bits per heavy atom. The lowest BCUT2D eigenvalue weighted by Gasteiger charge is -2.41. The van der Waals surface area contributed by atoms with Crippen molar-refractivity contribution in [3.05, 3.63) is 35.3 Å². The summed E-state index contributed by atoms with van der Waals surface area (Å²) in [6.45, 7) is 4.00. The van der Waals surface area contributed by atoms with Crippen LogP contribution in [0.15, 0.2) is 35.3 Å². The number of aliphatic hydroxyl groups is 1. The summed E-state index contributed by atoms with van der Waals surface area (Å²) in [4.78, 5) is 21.9. The van der Waals surface area contributed by atoms with Gasteiger partial charge < -0.3 is 24.4 Å². The minimum Gasteiger partial charge on any atom is -0.394 e. The van der Waals surface area contributed by atoms with E-state index in [1.165, 1.54) is 0 Å². The van der Waals surface area contributed by atoms with Crippen LogP contribution in [0.25, 0.3) is 0 Å². The molecule has 1 N–H and O–H groups in total. The lowest BCUT2D eigenvalue weighted by molar-refractivity contribution is 0.0285. The Labute approximate surface area is 166 Å². The molecule has 1 saturated heterocycles. The molecule has 2 aromatic rings. The van der Waals surface area contributed by atoms with Crippen molar-refractivity contribution < 1.29 is 14.6 Å². The van der Waals surface area contributed by atoms with Crippen LogP contribution in [-0.2, 0) is 9.47 Å². The minimum absolute atomic E-state index is 0.0178. The maximum atomic E-state index is 8.74. The topological polar surface area (TPSA) is 96.7 Å². The fourth-order valence-electron chi connectivity index (χ4n) is 2.86. The predicted molar refractivity (Wildman–Crippen MR) is 104 cm³/mol. The van der Waals surface area contributed by atoms with Crippen LogP contribution in [0, 0.1) is 0 Å². The van der Waals surface area contributed by atoms with E-state index >= 15 is 0 Å². The van der Waals surface area contributed by atoms with Crippen molar-refractivity contribution in [2.45, 2.75) is 6.04 Å². The number of rotatable bonds is 9. The molecule has 0 spiro atoms. The highest BCUT2D eigenvalue weighted by atomic mass is 79.9. The van der Waals surface area contributed by atoms with Gasteiger partial charge in [-0.15, -0.1) is 0 Å². The van der Waals surface area contributed by atoms with Gasteiger partial charge in [-0.05, 0) is 22.0 Å². The number of piperazine rings is 1. The molecule has 9 nitrogen and oxygen atoms in total. The van der Waals surface area contributed by atoms with E-state index in [1.807, 2.05) is 0 Å². The van der Waals surface area contributed by atoms with Crippen molar-refractivity contribution in [3.8, 4) is 0 Å². The summed E-state index contributed by atoms with van der Waals surface area (Å²) < 4.78 is 11.9. The van der Waals surface area contributed by atoms with Gasteiger partial charge in [-0.25, -0.2) is 19.9 Å². The molecule has 0 unspecified atom stereocenters. The molecule has 0 bridgehead atoms. The van der Waals surface area contributed by atoms with Gasteiger partial charge >= 0.3 is 0 Å². The van der Waals surface area contributed by atoms with E-state index in [4.69, 9.17) is 14.6 Å². The highest BCUT2D eigenvalue weighted by molar-refractivity contribution is 9.10. The first-order valence-electron chi connectivity index (χ1n) is 8.80. The van der Waals surface area contributed by atoms with Gasteiger partial charge in [-0.3, -0.25) is 0 Å². The van der Waals surface area contributed by atoms with E-state index in [-0.39, 0.29) is 12.6 Å². The zero-order chi connectivity index (χ0) is 18.9. The summed E-state index contributed by atoms with van der Waals surface area (Å²) in [5, 5.41) is 8.74. The van der Waals surface area contributed by atoms with Crippen LogP contribution < -0.4 is 9.80 Å². The van der Waals surface area contributed by atoms with E-state index in [2.05, 4.69) is 45.7 Å². The number of ether oxygens (including phenoxy) is 2. The predicted octanol–water partition coefficient (Wildman–Crippen LogP) is 0.750. The van der Waals surface area contributed by atoms with Crippen LogP contribution in [0.1, 0.15) is 0 Å². The number of aromatic nitrogens is 4. The Kier molecular flexibility index (Phi) is 7.69. The smallest absolute Gasteiger partial charge is 0.225 e. The second-order valence-corrected chi connectivity index (χ2v) is 6.87. The maximum Gasteiger partial charge on any atom is 0.225 e. The zero-order valence-corrected chi connectivity index (χ0v) is 16.5. The fourth-order valence-corrected chi connectivity index (χ4v) is 3.06. The zero-order valence-electron chi connectivity index (χ0n) is 14.9. The number of anilines is 2. The Bertz CT molecular complexity index is 678. The lowest BCUT2D eigenvalue weighted by atomic mass is 10.2. The third kappa shape index (κ3) is 5.80. The van der Waals surface area contributed by atoms with Crippen LogP contribution in [0.4, 0.5) is 11.9 Å².